The highest BCUT2D eigenvalue weighted by atomic mass is 19.2. The summed E-state index contributed by atoms with van der Waals surface area (Å²) in [6.07, 6.45) is 0. The van der Waals surface area contributed by atoms with Crippen LogP contribution in [0.4, 0.5) is 19.0 Å². The van der Waals surface area contributed by atoms with Crippen LogP contribution in [0.25, 0.3) is 10.9 Å². The van der Waals surface area contributed by atoms with E-state index >= 15 is 0 Å². The first kappa shape index (κ1) is 22.0. The molecule has 0 radical (unpaired) electrons. The number of hydrogen-bond acceptors (Lipinski definition) is 5. The summed E-state index contributed by atoms with van der Waals surface area (Å²) < 4.78 is 56.9. The van der Waals surface area contributed by atoms with Gasteiger partial charge in [0.1, 0.15) is 18.2 Å². The fraction of sp³-hybridized carbons (Fsp3) is 0.130. The van der Waals surface area contributed by atoms with Gasteiger partial charge in [0.15, 0.2) is 29.0 Å². The number of hydrogen-bond donors (Lipinski definition) is 2. The summed E-state index contributed by atoms with van der Waals surface area (Å²) in [6, 6.07) is 11.0. The van der Waals surface area contributed by atoms with Crippen LogP contribution >= 0.6 is 0 Å². The summed E-state index contributed by atoms with van der Waals surface area (Å²) in [6.45, 7) is -0.522. The number of amides is 1. The van der Waals surface area contributed by atoms with Crippen molar-refractivity contribution in [2.75, 3.05) is 19.5 Å². The Hall–Kier alpha value is -4.21. The number of halogens is 3. The lowest BCUT2D eigenvalue weighted by Crippen LogP contribution is -2.12. The molecular formula is C23H18F3N3O4. The first-order valence-corrected chi connectivity index (χ1v) is 9.68. The van der Waals surface area contributed by atoms with Crippen molar-refractivity contribution in [3.8, 4) is 17.2 Å². The standard InChI is InChI=1S/C23H18F3N3O4/c1-31-19-8-3-12(9-20(19)32-2)23(30)27-22-14-10-13(4-7-18(14)28-29-22)33-11-15-16(24)5-6-17(25)21(15)26/h3-10H,11H2,1-2H3,(H2,27,28,29,30). The number of rotatable bonds is 7. The Bertz CT molecular complexity index is 1340. The van der Waals surface area contributed by atoms with Crippen molar-refractivity contribution in [3.63, 3.8) is 0 Å². The van der Waals surface area contributed by atoms with Gasteiger partial charge in [-0.05, 0) is 48.5 Å². The summed E-state index contributed by atoms with van der Waals surface area (Å²) in [5.74, 6) is -2.49. The molecule has 0 aliphatic heterocycles. The zero-order valence-electron chi connectivity index (χ0n) is 17.5. The molecule has 7 nitrogen and oxygen atoms in total. The molecule has 0 saturated carbocycles. The maximum atomic E-state index is 13.9. The van der Waals surface area contributed by atoms with Crippen molar-refractivity contribution in [1.29, 1.82) is 0 Å². The van der Waals surface area contributed by atoms with Crippen molar-refractivity contribution in [3.05, 3.63) is 77.1 Å². The van der Waals surface area contributed by atoms with Crippen molar-refractivity contribution in [1.82, 2.24) is 10.2 Å². The third-order valence-corrected chi connectivity index (χ3v) is 4.93. The lowest BCUT2D eigenvalue weighted by molar-refractivity contribution is 0.102. The monoisotopic (exact) mass is 457 g/mol. The average molecular weight is 457 g/mol. The number of methoxy groups -OCH3 is 2. The number of aromatic amines is 1. The van der Waals surface area contributed by atoms with Gasteiger partial charge in [-0.1, -0.05) is 0 Å². The fourth-order valence-electron chi connectivity index (χ4n) is 3.19. The van der Waals surface area contributed by atoms with E-state index in [9.17, 15) is 18.0 Å². The van der Waals surface area contributed by atoms with Crippen LogP contribution in [-0.4, -0.2) is 30.3 Å². The van der Waals surface area contributed by atoms with Crippen LogP contribution < -0.4 is 19.5 Å². The van der Waals surface area contributed by atoms with Gasteiger partial charge in [-0.15, -0.1) is 0 Å². The smallest absolute Gasteiger partial charge is 0.257 e. The molecule has 170 valence electrons. The highest BCUT2D eigenvalue weighted by Crippen LogP contribution is 2.29. The number of nitrogens with one attached hydrogen (secondary N) is 2. The van der Waals surface area contributed by atoms with Crippen molar-refractivity contribution in [2.24, 2.45) is 0 Å². The molecule has 0 unspecified atom stereocenters. The van der Waals surface area contributed by atoms with E-state index in [0.717, 1.165) is 6.07 Å². The molecule has 4 aromatic rings. The fourth-order valence-corrected chi connectivity index (χ4v) is 3.19. The van der Waals surface area contributed by atoms with Gasteiger partial charge < -0.3 is 19.5 Å². The molecule has 1 amide bonds. The quantitative estimate of drug-likeness (QED) is 0.389. The molecule has 0 bridgehead atoms. The summed E-state index contributed by atoms with van der Waals surface area (Å²) in [7, 11) is 2.95. The van der Waals surface area contributed by atoms with Gasteiger partial charge in [0.25, 0.3) is 5.91 Å². The number of benzene rings is 3. The topological polar surface area (TPSA) is 85.5 Å². The van der Waals surface area contributed by atoms with Crippen molar-refractivity contribution < 1.29 is 32.2 Å². The summed E-state index contributed by atoms with van der Waals surface area (Å²) in [4.78, 5) is 12.7. The number of ether oxygens (including phenoxy) is 3. The Labute approximate surface area is 186 Å². The number of aromatic nitrogens is 2. The molecule has 0 spiro atoms. The Morgan fingerprint density at radius 3 is 2.48 bits per heavy atom. The number of nitrogens with zero attached hydrogens (tertiary/aromatic N) is 1. The highest BCUT2D eigenvalue weighted by molar-refractivity contribution is 6.08. The minimum absolute atomic E-state index is 0.221. The van der Waals surface area contributed by atoms with E-state index in [4.69, 9.17) is 14.2 Å². The molecule has 0 aliphatic rings. The van der Waals surface area contributed by atoms with Crippen LogP contribution in [0.3, 0.4) is 0 Å². The van der Waals surface area contributed by atoms with Gasteiger partial charge >= 0.3 is 0 Å². The summed E-state index contributed by atoms with van der Waals surface area (Å²) >= 11 is 0. The van der Waals surface area contributed by atoms with Gasteiger partial charge in [0, 0.05) is 10.9 Å². The Balaban J connectivity index is 1.55. The van der Waals surface area contributed by atoms with Crippen LogP contribution in [0.2, 0.25) is 0 Å². The van der Waals surface area contributed by atoms with E-state index in [0.29, 0.717) is 34.0 Å². The minimum atomic E-state index is -1.30. The SMILES string of the molecule is COc1ccc(C(=O)Nc2n[nH]c3ccc(OCc4c(F)ccc(F)c4F)cc23)cc1OC. The Kier molecular flexibility index (Phi) is 6.07. The van der Waals surface area contributed by atoms with E-state index in [2.05, 4.69) is 15.5 Å². The van der Waals surface area contributed by atoms with E-state index in [1.54, 1.807) is 24.3 Å². The van der Waals surface area contributed by atoms with E-state index in [-0.39, 0.29) is 11.6 Å². The second-order valence-electron chi connectivity index (χ2n) is 6.91. The van der Waals surface area contributed by atoms with Gasteiger partial charge in [0.2, 0.25) is 0 Å². The average Bonchev–Trinajstić information content (AvgIpc) is 3.22. The third-order valence-electron chi connectivity index (χ3n) is 4.93. The second-order valence-corrected chi connectivity index (χ2v) is 6.91. The predicted octanol–water partition coefficient (Wildman–Crippen LogP) is 4.83. The molecule has 2 N–H and O–H groups in total. The Morgan fingerprint density at radius 1 is 0.970 bits per heavy atom. The Morgan fingerprint density at radius 2 is 1.73 bits per heavy atom. The summed E-state index contributed by atoms with van der Waals surface area (Å²) in [5, 5.41) is 10.1. The summed E-state index contributed by atoms with van der Waals surface area (Å²) in [5.41, 5.74) is 0.380. The lowest BCUT2D eigenvalue weighted by Gasteiger charge is -2.10. The molecule has 0 fully saturated rings. The molecular weight excluding hydrogens is 439 g/mol. The largest absolute Gasteiger partial charge is 0.493 e. The van der Waals surface area contributed by atoms with Crippen LogP contribution in [0, 0.1) is 17.5 Å². The van der Waals surface area contributed by atoms with E-state index < -0.39 is 35.5 Å². The zero-order valence-corrected chi connectivity index (χ0v) is 17.5. The minimum Gasteiger partial charge on any atom is -0.493 e. The maximum Gasteiger partial charge on any atom is 0.257 e. The number of anilines is 1. The normalized spacial score (nSPS) is 10.8. The van der Waals surface area contributed by atoms with E-state index in [1.165, 1.54) is 26.4 Å². The first-order valence-electron chi connectivity index (χ1n) is 9.68. The molecule has 0 saturated heterocycles. The van der Waals surface area contributed by atoms with E-state index in [1.807, 2.05) is 0 Å². The number of carbonyl (C=O) groups excluding carboxylic acids is 1. The van der Waals surface area contributed by atoms with Crippen molar-refractivity contribution in [2.45, 2.75) is 6.61 Å². The third kappa shape index (κ3) is 4.40. The molecule has 0 aliphatic carbocycles. The van der Waals surface area contributed by atoms with Crippen molar-refractivity contribution >= 4 is 22.6 Å². The van der Waals surface area contributed by atoms with Crippen LogP contribution in [0.5, 0.6) is 17.2 Å². The van der Waals surface area contributed by atoms with Gasteiger partial charge in [-0.2, -0.15) is 5.10 Å². The van der Waals surface area contributed by atoms with Gasteiger partial charge in [-0.3, -0.25) is 9.89 Å². The zero-order chi connectivity index (χ0) is 23.5. The number of H-pyrrole nitrogens is 1. The van der Waals surface area contributed by atoms with Gasteiger partial charge in [-0.25, -0.2) is 13.2 Å². The van der Waals surface area contributed by atoms with Crippen LogP contribution in [0.1, 0.15) is 15.9 Å². The molecule has 1 heterocycles. The highest BCUT2D eigenvalue weighted by Gasteiger charge is 2.16. The lowest BCUT2D eigenvalue weighted by atomic mass is 10.1. The molecule has 33 heavy (non-hydrogen) atoms. The molecule has 3 aromatic carbocycles. The first-order chi connectivity index (χ1) is 15.9. The molecule has 4 rings (SSSR count). The maximum absolute atomic E-state index is 13.9. The number of carbonyl (C=O) groups is 1. The van der Waals surface area contributed by atoms with Crippen LogP contribution in [0.15, 0.2) is 48.5 Å². The number of fused-ring (bicyclic) bond motifs is 1. The van der Waals surface area contributed by atoms with Gasteiger partial charge in [0.05, 0.1) is 25.3 Å². The second kappa shape index (κ2) is 9.11. The molecule has 0 atom stereocenters. The molecule has 10 heteroatoms. The molecule has 1 aromatic heterocycles. The van der Waals surface area contributed by atoms with Crippen LogP contribution in [-0.2, 0) is 6.61 Å². The predicted molar refractivity (Wildman–Crippen MR) is 114 cm³/mol.